The molecule has 1 saturated carbocycles. The molecule has 4 aliphatic heterocycles. The number of aromatic amines is 3. The van der Waals surface area contributed by atoms with Crippen LogP contribution < -0.4 is 20.7 Å². The van der Waals surface area contributed by atoms with Crippen molar-refractivity contribution in [3.05, 3.63) is 117 Å². The SMILES string of the molecule is C#CC1(CNC(=O)N2CCC(C(C)(C)[C@H](O)c3cc(Cl)cc4cn[nH]c34)CC2)CC1.CC(C)(C1CCN(C(=O)NCCNS(C)(=O)=O)CC1)[C@H](O)c1cc(Cl)cc2cn[nH]c12.CN1CCN(Cc2ccc(NC(=O)N3CCC(C(C)(C)[C@H](O)c4cc(Cl)cc5cn[nH]c45)CC3)cc2)CC1. The minimum absolute atomic E-state index is 0.0395. The third kappa shape index (κ3) is 18.3. The van der Waals surface area contributed by atoms with Gasteiger partial charge >= 0.3 is 18.1 Å². The smallest absolute Gasteiger partial charge is 0.321 e. The second-order valence-electron chi connectivity index (χ2n) is 29.6. The molecule has 0 bridgehead atoms. The second kappa shape index (κ2) is 31.6. The number of H-pyrrole nitrogens is 3. The van der Waals surface area contributed by atoms with Gasteiger partial charge in [0.05, 0.1) is 59.7 Å². The maximum atomic E-state index is 13.0. The van der Waals surface area contributed by atoms with Gasteiger partial charge in [-0.05, 0) is 147 Å². The maximum absolute atomic E-state index is 13.0. The van der Waals surface area contributed by atoms with E-state index in [0.29, 0.717) is 60.9 Å². The Labute approximate surface area is 596 Å². The quantitative estimate of drug-likeness (QED) is 0.0283. The molecule has 12 rings (SSSR count). The number of anilines is 1. The van der Waals surface area contributed by atoms with Crippen molar-refractivity contribution >= 4 is 101 Å². The Morgan fingerprint density at radius 1 is 0.586 bits per heavy atom. The number of carbonyl (C=O) groups is 3. The number of aliphatic hydroxyl groups excluding tert-OH is 3. The van der Waals surface area contributed by atoms with E-state index in [0.717, 1.165) is 145 Å². The number of piperazine rings is 1. The third-order valence-corrected chi connectivity index (χ3v) is 23.2. The summed E-state index contributed by atoms with van der Waals surface area (Å²) in [6.45, 7) is 22.5. The molecule has 6 amide bonds. The molecule has 536 valence electrons. The number of likely N-dealkylation sites (N-methyl/N-ethyl adjacent to an activating group) is 1. The molecule has 5 fully saturated rings. The Morgan fingerprint density at radius 3 is 1.32 bits per heavy atom. The Morgan fingerprint density at radius 2 is 0.960 bits per heavy atom. The van der Waals surface area contributed by atoms with Crippen LogP contribution in [0.3, 0.4) is 0 Å². The van der Waals surface area contributed by atoms with Crippen LogP contribution in [0.1, 0.15) is 133 Å². The minimum atomic E-state index is -3.27. The van der Waals surface area contributed by atoms with Crippen molar-refractivity contribution in [2.45, 2.75) is 118 Å². The topological polar surface area (TPSA) is 296 Å². The van der Waals surface area contributed by atoms with Gasteiger partial charge in [-0.1, -0.05) is 94.4 Å². The van der Waals surface area contributed by atoms with Crippen LogP contribution in [0, 0.1) is 51.8 Å². The van der Waals surface area contributed by atoms with Gasteiger partial charge in [0.2, 0.25) is 10.0 Å². The van der Waals surface area contributed by atoms with Gasteiger partial charge in [0.15, 0.2) is 0 Å². The summed E-state index contributed by atoms with van der Waals surface area (Å²) in [5, 5.41) is 68.4. The number of nitrogens with zero attached hydrogens (tertiary/aromatic N) is 8. The van der Waals surface area contributed by atoms with E-state index in [2.05, 4.69) is 114 Å². The van der Waals surface area contributed by atoms with Crippen LogP contribution >= 0.6 is 34.8 Å². The van der Waals surface area contributed by atoms with E-state index in [1.54, 1.807) is 29.6 Å². The van der Waals surface area contributed by atoms with Gasteiger partial charge in [-0.2, -0.15) is 15.3 Å². The van der Waals surface area contributed by atoms with Crippen molar-refractivity contribution in [2.75, 3.05) is 104 Å². The number of hydrogen-bond acceptors (Lipinski definition) is 13. The number of carbonyl (C=O) groups excluding carboxylic acids is 3. The van der Waals surface area contributed by atoms with Crippen molar-refractivity contribution in [3.63, 3.8) is 0 Å². The molecule has 3 aromatic heterocycles. The summed E-state index contributed by atoms with van der Waals surface area (Å²) in [5.41, 5.74) is 5.43. The third-order valence-electron chi connectivity index (χ3n) is 21.8. The zero-order chi connectivity index (χ0) is 71.2. The van der Waals surface area contributed by atoms with Crippen molar-refractivity contribution in [1.29, 1.82) is 0 Å². The van der Waals surface area contributed by atoms with E-state index < -0.39 is 39.2 Å². The van der Waals surface area contributed by atoms with Gasteiger partial charge in [0.25, 0.3) is 0 Å². The Bertz CT molecular complexity index is 4080. The maximum Gasteiger partial charge on any atom is 0.321 e. The number of aliphatic hydroxyl groups is 3. The number of nitrogens with one attached hydrogen (secondary N) is 7. The highest BCUT2D eigenvalue weighted by molar-refractivity contribution is 7.88. The summed E-state index contributed by atoms with van der Waals surface area (Å²) >= 11 is 18.9. The van der Waals surface area contributed by atoms with E-state index in [9.17, 15) is 38.1 Å². The number of rotatable bonds is 18. The molecule has 23 nitrogen and oxygen atoms in total. The first-order valence-electron chi connectivity index (χ1n) is 34.4. The first kappa shape index (κ1) is 74.9. The highest BCUT2D eigenvalue weighted by Gasteiger charge is 2.45. The van der Waals surface area contributed by atoms with Gasteiger partial charge in [0, 0.05) is 151 Å². The number of fused-ring (bicyclic) bond motifs is 3. The zero-order valence-corrected chi connectivity index (χ0v) is 61.2. The number of hydrogen-bond donors (Lipinski definition) is 10. The van der Waals surface area contributed by atoms with Crippen LogP contribution in [0.2, 0.25) is 15.1 Å². The van der Waals surface area contributed by atoms with Gasteiger partial charge in [-0.25, -0.2) is 27.5 Å². The Balaban J connectivity index is 0.000000162. The fourth-order valence-corrected chi connectivity index (χ4v) is 15.9. The second-order valence-corrected chi connectivity index (χ2v) is 32.8. The van der Waals surface area contributed by atoms with Crippen molar-refractivity contribution < 1.29 is 38.1 Å². The highest BCUT2D eigenvalue weighted by atomic mass is 35.5. The molecule has 3 atom stereocenters. The Kier molecular flexibility index (Phi) is 23.9. The standard InChI is InChI=1S/C29H39ClN6O2.C23H29ClN4O2.C20H30ClN5O4S/c1-29(2,27(37)25-17-23(30)16-21-18-31-33-26(21)25)22-8-10-36(11-9-22)28(38)32-24-6-4-20(5-7-24)19-35-14-12-34(3)13-15-35;1-4-23(7-8-23)14-25-21(30)28-9-5-16(6-10-28)22(2,3)20(29)18-12-17(24)11-15-13-26-27-19(15)18;1-20(2,18(27)16-11-15(21)10-13-12-23-25-17(13)16)14-4-8-26(9-5-14)19(28)22-6-7-24-31(3,29)30/h4-7,16-18,22,27,37H,8-15,19H2,1-3H3,(H,31,33)(H,32,38);1,11-13,16,20,29H,5-10,14H2,2-3H3,(H,25,30)(H,26,27);10-12,14,18,24,27H,4-9H2,1-3H3,(H,22,28)(H,23,25)/t27-;20-;18-/m111/s1. The van der Waals surface area contributed by atoms with E-state index in [1.165, 1.54) is 5.56 Å². The number of sulfonamides is 1. The minimum Gasteiger partial charge on any atom is -0.388 e. The van der Waals surface area contributed by atoms with Crippen LogP contribution in [0.5, 0.6) is 0 Å². The normalized spacial score (nSPS) is 18.8. The zero-order valence-electron chi connectivity index (χ0n) is 58.1. The lowest BCUT2D eigenvalue weighted by Crippen LogP contribution is -2.48. The lowest BCUT2D eigenvalue weighted by molar-refractivity contribution is -0.0144. The molecule has 1 aliphatic carbocycles. The van der Waals surface area contributed by atoms with Gasteiger partial charge in [-0.15, -0.1) is 6.42 Å². The molecular weight excluding hydrogens is 1340 g/mol. The van der Waals surface area contributed by atoms with E-state index in [-0.39, 0.29) is 59.8 Å². The number of halogens is 3. The monoisotopic (exact) mass is 1440 g/mol. The summed E-state index contributed by atoms with van der Waals surface area (Å²) in [6.07, 6.45) is 16.4. The fourth-order valence-electron chi connectivity index (χ4n) is 14.7. The van der Waals surface area contributed by atoms with Crippen LogP contribution in [-0.2, 0) is 16.6 Å². The molecule has 27 heteroatoms. The molecule has 7 heterocycles. The van der Waals surface area contributed by atoms with Crippen LogP contribution in [-0.4, -0.2) is 195 Å². The van der Waals surface area contributed by atoms with Crippen molar-refractivity contribution in [3.8, 4) is 12.3 Å². The molecular formula is C72H98Cl3N15O8S. The molecule has 99 heavy (non-hydrogen) atoms. The summed E-state index contributed by atoms with van der Waals surface area (Å²) in [7, 11) is -1.10. The molecule has 0 radical (unpaired) electrons. The average molecular weight is 1440 g/mol. The summed E-state index contributed by atoms with van der Waals surface area (Å²) in [5.74, 6) is 3.54. The molecule has 0 unspecified atom stereocenters. The number of piperidine rings is 3. The fraction of sp³-hybridized carbons (Fsp3) is 0.556. The highest BCUT2D eigenvalue weighted by Crippen LogP contribution is 2.50. The Hall–Kier alpha value is -6.76. The number of benzene rings is 4. The van der Waals surface area contributed by atoms with E-state index in [1.807, 2.05) is 66.1 Å². The van der Waals surface area contributed by atoms with Crippen molar-refractivity contribution in [1.82, 2.24) is 70.4 Å². The van der Waals surface area contributed by atoms with Crippen LogP contribution in [0.4, 0.5) is 20.1 Å². The van der Waals surface area contributed by atoms with E-state index >= 15 is 0 Å². The average Bonchev–Trinajstić information content (AvgIpc) is 1.78. The molecule has 0 spiro atoms. The first-order chi connectivity index (χ1) is 46.9. The molecule has 10 N–H and O–H groups in total. The summed E-state index contributed by atoms with van der Waals surface area (Å²) in [6, 6.07) is 18.8. The largest absolute Gasteiger partial charge is 0.388 e. The lowest BCUT2D eigenvalue weighted by atomic mass is 9.68. The van der Waals surface area contributed by atoms with Crippen LogP contribution in [0.25, 0.3) is 32.7 Å². The number of likely N-dealkylation sites (tertiary alicyclic amines) is 3. The predicted molar refractivity (Wildman–Crippen MR) is 391 cm³/mol. The van der Waals surface area contributed by atoms with Gasteiger partial charge in [-0.3, -0.25) is 20.2 Å². The molecule has 7 aromatic rings. The lowest BCUT2D eigenvalue weighted by Gasteiger charge is -2.43. The molecule has 4 aromatic carbocycles. The molecule has 5 aliphatic rings. The number of terminal acetylenes is 1. The number of amides is 6. The van der Waals surface area contributed by atoms with E-state index in [4.69, 9.17) is 41.2 Å². The van der Waals surface area contributed by atoms with Gasteiger partial charge in [0.1, 0.15) is 0 Å². The van der Waals surface area contributed by atoms with Gasteiger partial charge < -0.3 is 50.9 Å². The number of aromatic nitrogens is 6. The van der Waals surface area contributed by atoms with Crippen molar-refractivity contribution in [2.24, 2.45) is 39.4 Å². The van der Waals surface area contributed by atoms with Crippen LogP contribution in [0.15, 0.2) is 79.3 Å². The number of urea groups is 3. The predicted octanol–water partition coefficient (Wildman–Crippen LogP) is 11.3. The molecule has 4 saturated heterocycles. The summed E-state index contributed by atoms with van der Waals surface area (Å²) < 4.78 is 24.5. The summed E-state index contributed by atoms with van der Waals surface area (Å²) in [4.78, 5) is 48.2. The first-order valence-corrected chi connectivity index (χ1v) is 37.4.